The van der Waals surface area contributed by atoms with Crippen LogP contribution in [0.2, 0.25) is 0 Å². The maximum atomic E-state index is 12.5. The van der Waals surface area contributed by atoms with Crippen LogP contribution in [-0.2, 0) is 4.79 Å². The molecule has 9 heteroatoms. The van der Waals surface area contributed by atoms with E-state index in [0.717, 1.165) is 49.9 Å². The third-order valence-electron chi connectivity index (χ3n) is 4.69. The van der Waals surface area contributed by atoms with Crippen molar-refractivity contribution in [2.75, 3.05) is 38.0 Å². The molecular formula is C20H24N6O2S. The molecule has 3 aromatic rings. The van der Waals surface area contributed by atoms with Crippen molar-refractivity contribution in [2.24, 2.45) is 0 Å². The Bertz CT molecular complexity index is 948. The number of nitrogens with one attached hydrogen (secondary N) is 2. The Kier molecular flexibility index (Phi) is 6.28. The van der Waals surface area contributed by atoms with Gasteiger partial charge in [-0.1, -0.05) is 0 Å². The molecule has 1 fully saturated rings. The Morgan fingerprint density at radius 1 is 1.31 bits per heavy atom. The van der Waals surface area contributed by atoms with Crippen molar-refractivity contribution in [3.8, 4) is 22.3 Å². The molecule has 1 amide bonds. The van der Waals surface area contributed by atoms with Gasteiger partial charge in [0.15, 0.2) is 11.6 Å². The minimum Gasteiger partial charge on any atom is -0.458 e. The fourth-order valence-corrected chi connectivity index (χ4v) is 3.82. The summed E-state index contributed by atoms with van der Waals surface area (Å²) in [5, 5.41) is 8.95. The topological polar surface area (TPSA) is 96.2 Å². The zero-order valence-electron chi connectivity index (χ0n) is 16.4. The highest BCUT2D eigenvalue weighted by Gasteiger charge is 2.15. The molecule has 4 rings (SSSR count). The van der Waals surface area contributed by atoms with E-state index in [0.29, 0.717) is 29.5 Å². The molecule has 0 aromatic carbocycles. The average molecular weight is 413 g/mol. The highest BCUT2D eigenvalue weighted by molar-refractivity contribution is 7.13. The second kappa shape index (κ2) is 9.25. The van der Waals surface area contributed by atoms with Gasteiger partial charge in [-0.15, -0.1) is 11.3 Å². The first kappa shape index (κ1) is 19.7. The Morgan fingerprint density at radius 3 is 3.03 bits per heavy atom. The van der Waals surface area contributed by atoms with Gasteiger partial charge in [0.1, 0.15) is 22.3 Å². The van der Waals surface area contributed by atoms with E-state index < -0.39 is 0 Å². The fourth-order valence-electron chi connectivity index (χ4n) is 3.23. The summed E-state index contributed by atoms with van der Waals surface area (Å²) < 4.78 is 5.67. The van der Waals surface area contributed by atoms with E-state index in [1.807, 2.05) is 24.4 Å². The summed E-state index contributed by atoms with van der Waals surface area (Å²) >= 11 is 1.49. The molecule has 152 valence electrons. The third kappa shape index (κ3) is 5.26. The maximum Gasteiger partial charge on any atom is 0.226 e. The number of rotatable bonds is 6. The lowest BCUT2D eigenvalue weighted by molar-refractivity contribution is -0.116. The number of carbonyl (C=O) groups excluding carboxylic acids is 1. The first-order chi connectivity index (χ1) is 14.2. The zero-order chi connectivity index (χ0) is 20.1. The second-order valence-corrected chi connectivity index (χ2v) is 7.85. The summed E-state index contributed by atoms with van der Waals surface area (Å²) in [4.78, 5) is 28.2. The van der Waals surface area contributed by atoms with Gasteiger partial charge in [0, 0.05) is 43.7 Å². The number of aryl methyl sites for hydroxylation is 1. The van der Waals surface area contributed by atoms with Gasteiger partial charge in [-0.25, -0.2) is 15.0 Å². The van der Waals surface area contributed by atoms with Crippen LogP contribution in [0, 0.1) is 6.92 Å². The van der Waals surface area contributed by atoms with Crippen LogP contribution in [0.15, 0.2) is 34.2 Å². The van der Waals surface area contributed by atoms with E-state index in [-0.39, 0.29) is 5.91 Å². The van der Waals surface area contributed by atoms with Crippen LogP contribution < -0.4 is 10.6 Å². The molecule has 3 aromatic heterocycles. The lowest BCUT2D eigenvalue weighted by atomic mass is 10.3. The fraction of sp³-hybridized carbons (Fsp3) is 0.400. The van der Waals surface area contributed by atoms with Crippen molar-refractivity contribution in [3.63, 3.8) is 0 Å². The van der Waals surface area contributed by atoms with Crippen molar-refractivity contribution in [1.82, 2.24) is 25.2 Å². The molecule has 0 saturated carbocycles. The predicted molar refractivity (Wildman–Crippen MR) is 113 cm³/mol. The van der Waals surface area contributed by atoms with E-state index in [1.54, 1.807) is 12.3 Å². The monoisotopic (exact) mass is 412 g/mol. The number of hydrogen-bond donors (Lipinski definition) is 2. The molecule has 0 aliphatic carbocycles. The molecular weight excluding hydrogens is 388 g/mol. The molecule has 1 aliphatic heterocycles. The normalized spacial score (nSPS) is 15.2. The zero-order valence-corrected chi connectivity index (χ0v) is 17.2. The molecule has 4 heterocycles. The van der Waals surface area contributed by atoms with Gasteiger partial charge in [-0.2, -0.15) is 0 Å². The maximum absolute atomic E-state index is 12.5. The average Bonchev–Trinajstić information content (AvgIpc) is 3.33. The Hall–Kier alpha value is -2.62. The van der Waals surface area contributed by atoms with Gasteiger partial charge >= 0.3 is 0 Å². The van der Waals surface area contributed by atoms with E-state index in [9.17, 15) is 4.79 Å². The van der Waals surface area contributed by atoms with E-state index in [4.69, 9.17) is 4.42 Å². The van der Waals surface area contributed by atoms with Gasteiger partial charge in [-0.3, -0.25) is 4.79 Å². The van der Waals surface area contributed by atoms with E-state index in [2.05, 4.69) is 30.5 Å². The van der Waals surface area contributed by atoms with Crippen molar-refractivity contribution in [2.45, 2.75) is 19.8 Å². The Morgan fingerprint density at radius 2 is 2.24 bits per heavy atom. The third-order valence-corrected chi connectivity index (χ3v) is 5.49. The van der Waals surface area contributed by atoms with Crippen molar-refractivity contribution in [3.05, 3.63) is 35.5 Å². The highest BCUT2D eigenvalue weighted by atomic mass is 32.1. The molecule has 1 aliphatic rings. The molecule has 0 radical (unpaired) electrons. The predicted octanol–water partition coefficient (Wildman–Crippen LogP) is 2.79. The Labute approximate surface area is 173 Å². The summed E-state index contributed by atoms with van der Waals surface area (Å²) in [7, 11) is 0. The van der Waals surface area contributed by atoms with Gasteiger partial charge in [0.2, 0.25) is 5.91 Å². The number of hydrogen-bond acceptors (Lipinski definition) is 8. The molecule has 8 nitrogen and oxygen atoms in total. The summed E-state index contributed by atoms with van der Waals surface area (Å²) in [6.07, 6.45) is 3.26. The van der Waals surface area contributed by atoms with Gasteiger partial charge in [-0.05, 0) is 38.6 Å². The lowest BCUT2D eigenvalue weighted by Gasteiger charge is -2.18. The molecule has 1 saturated heterocycles. The molecule has 0 bridgehead atoms. The standard InChI is InChI=1S/C20H24N6O2S/c1-14-3-4-16(28-14)19-23-15(20-22-8-12-29-20)13-17(25-19)24-18(27)5-10-26-9-2-6-21-7-11-26/h3-4,8,12-13,21H,2,5-7,9-11H2,1H3,(H,23,24,25,27). The smallest absolute Gasteiger partial charge is 0.226 e. The highest BCUT2D eigenvalue weighted by Crippen LogP contribution is 2.26. The van der Waals surface area contributed by atoms with E-state index >= 15 is 0 Å². The number of thiazole rings is 1. The lowest BCUT2D eigenvalue weighted by Crippen LogP contribution is -2.31. The van der Waals surface area contributed by atoms with Crippen LogP contribution >= 0.6 is 11.3 Å². The van der Waals surface area contributed by atoms with Crippen LogP contribution in [0.25, 0.3) is 22.3 Å². The number of aromatic nitrogens is 3. The minimum atomic E-state index is -0.0624. The first-order valence-electron chi connectivity index (χ1n) is 9.76. The number of anilines is 1. The van der Waals surface area contributed by atoms with E-state index in [1.165, 1.54) is 11.3 Å². The second-order valence-electron chi connectivity index (χ2n) is 6.95. The van der Waals surface area contributed by atoms with Gasteiger partial charge in [0.05, 0.1) is 0 Å². The minimum absolute atomic E-state index is 0.0624. The van der Waals surface area contributed by atoms with Crippen molar-refractivity contribution < 1.29 is 9.21 Å². The summed E-state index contributed by atoms with van der Waals surface area (Å²) in [5.74, 6) is 2.17. The summed E-state index contributed by atoms with van der Waals surface area (Å²) in [6.45, 7) is 6.60. The number of nitrogens with zero attached hydrogens (tertiary/aromatic N) is 4. The van der Waals surface area contributed by atoms with Crippen LogP contribution in [0.4, 0.5) is 5.82 Å². The van der Waals surface area contributed by atoms with Crippen molar-refractivity contribution >= 4 is 23.1 Å². The number of amides is 1. The largest absolute Gasteiger partial charge is 0.458 e. The summed E-state index contributed by atoms with van der Waals surface area (Å²) in [6, 6.07) is 5.45. The molecule has 0 spiro atoms. The van der Waals surface area contributed by atoms with Gasteiger partial charge < -0.3 is 20.0 Å². The molecule has 2 N–H and O–H groups in total. The Balaban J connectivity index is 1.49. The molecule has 0 atom stereocenters. The summed E-state index contributed by atoms with van der Waals surface area (Å²) in [5.41, 5.74) is 0.660. The van der Waals surface area contributed by atoms with Crippen LogP contribution in [0.5, 0.6) is 0 Å². The van der Waals surface area contributed by atoms with Crippen LogP contribution in [0.3, 0.4) is 0 Å². The molecule has 0 unspecified atom stereocenters. The molecule has 29 heavy (non-hydrogen) atoms. The number of furan rings is 1. The number of carbonyl (C=O) groups is 1. The first-order valence-corrected chi connectivity index (χ1v) is 10.6. The SMILES string of the molecule is Cc1ccc(-c2nc(NC(=O)CCN3CCCNCC3)cc(-c3nccs3)n2)o1. The van der Waals surface area contributed by atoms with Crippen LogP contribution in [0.1, 0.15) is 18.6 Å². The van der Waals surface area contributed by atoms with Crippen LogP contribution in [-0.4, -0.2) is 58.5 Å². The van der Waals surface area contributed by atoms with Gasteiger partial charge in [0.25, 0.3) is 0 Å². The quantitative estimate of drug-likeness (QED) is 0.643. The van der Waals surface area contributed by atoms with Crippen molar-refractivity contribution in [1.29, 1.82) is 0 Å².